The summed E-state index contributed by atoms with van der Waals surface area (Å²) >= 11 is 0. The van der Waals surface area contributed by atoms with Gasteiger partial charge < -0.3 is 9.88 Å². The number of sulfonamides is 1. The Kier molecular flexibility index (Phi) is 3.30. The predicted octanol–water partition coefficient (Wildman–Crippen LogP) is -0.218. The zero-order chi connectivity index (χ0) is 10.8. The number of hydrogen-bond donors (Lipinski definition) is 2. The molecule has 0 spiro atoms. The molecule has 0 aliphatic heterocycles. The average Bonchev–Trinajstić information content (AvgIpc) is 2.43. The highest BCUT2D eigenvalue weighted by molar-refractivity contribution is 7.89. The number of primary sulfonamides is 1. The summed E-state index contributed by atoms with van der Waals surface area (Å²) in [5.74, 6) is 0. The number of nitrogens with two attached hydrogens (primary N) is 1. The van der Waals surface area contributed by atoms with E-state index >= 15 is 0 Å². The lowest BCUT2D eigenvalue weighted by Gasteiger charge is -2.01. The zero-order valence-electron chi connectivity index (χ0n) is 8.32. The van der Waals surface area contributed by atoms with E-state index in [0.29, 0.717) is 6.54 Å². The van der Waals surface area contributed by atoms with Crippen LogP contribution >= 0.6 is 0 Å². The summed E-state index contributed by atoms with van der Waals surface area (Å²) in [4.78, 5) is 0.160. The van der Waals surface area contributed by atoms with Gasteiger partial charge in [0.25, 0.3) is 0 Å². The van der Waals surface area contributed by atoms with Crippen molar-refractivity contribution in [2.24, 2.45) is 12.2 Å². The molecule has 0 aliphatic carbocycles. The molecule has 0 aromatic carbocycles. The van der Waals surface area contributed by atoms with Crippen LogP contribution in [0.1, 0.15) is 12.6 Å². The van der Waals surface area contributed by atoms with E-state index in [-0.39, 0.29) is 4.90 Å². The number of nitrogens with zero attached hydrogens (tertiary/aromatic N) is 1. The third kappa shape index (κ3) is 2.57. The van der Waals surface area contributed by atoms with E-state index in [9.17, 15) is 8.42 Å². The first-order valence-electron chi connectivity index (χ1n) is 4.34. The van der Waals surface area contributed by atoms with Crippen molar-refractivity contribution >= 4 is 10.0 Å². The van der Waals surface area contributed by atoms with Crippen LogP contribution in [0.3, 0.4) is 0 Å². The summed E-state index contributed by atoms with van der Waals surface area (Å²) in [7, 11) is -1.79. The average molecular weight is 217 g/mol. The Balaban J connectivity index is 2.94. The quantitative estimate of drug-likeness (QED) is 0.732. The van der Waals surface area contributed by atoms with Crippen molar-refractivity contribution in [1.29, 1.82) is 0 Å². The SMILES string of the molecule is CCNCc1cc(S(N)(=O)=O)cn1C. The van der Waals surface area contributed by atoms with Gasteiger partial charge in [0.1, 0.15) is 0 Å². The Labute approximate surface area is 84.0 Å². The van der Waals surface area contributed by atoms with Crippen molar-refractivity contribution in [3.8, 4) is 0 Å². The van der Waals surface area contributed by atoms with Crippen LogP contribution in [-0.4, -0.2) is 19.5 Å². The molecule has 6 heteroatoms. The molecular formula is C8H15N3O2S. The highest BCUT2D eigenvalue weighted by Crippen LogP contribution is 2.11. The van der Waals surface area contributed by atoms with E-state index in [0.717, 1.165) is 12.2 Å². The van der Waals surface area contributed by atoms with Gasteiger partial charge in [0.2, 0.25) is 10.0 Å². The summed E-state index contributed by atoms with van der Waals surface area (Å²) in [6.07, 6.45) is 1.52. The number of aromatic nitrogens is 1. The topological polar surface area (TPSA) is 77.1 Å². The molecule has 0 saturated carbocycles. The molecule has 14 heavy (non-hydrogen) atoms. The van der Waals surface area contributed by atoms with Crippen LogP contribution in [-0.2, 0) is 23.6 Å². The summed E-state index contributed by atoms with van der Waals surface area (Å²) in [5.41, 5.74) is 0.899. The lowest BCUT2D eigenvalue weighted by atomic mass is 10.4. The first-order chi connectivity index (χ1) is 6.45. The molecule has 0 aliphatic rings. The van der Waals surface area contributed by atoms with E-state index in [1.807, 2.05) is 6.92 Å². The Hall–Kier alpha value is -0.850. The minimum Gasteiger partial charge on any atom is -0.352 e. The molecule has 0 amide bonds. The first-order valence-corrected chi connectivity index (χ1v) is 5.88. The monoisotopic (exact) mass is 217 g/mol. The van der Waals surface area contributed by atoms with Crippen molar-refractivity contribution in [2.75, 3.05) is 6.54 Å². The Bertz CT molecular complexity index is 408. The van der Waals surface area contributed by atoms with Gasteiger partial charge in [0.05, 0.1) is 4.90 Å². The van der Waals surface area contributed by atoms with Crippen molar-refractivity contribution in [3.05, 3.63) is 18.0 Å². The molecule has 5 nitrogen and oxygen atoms in total. The number of rotatable bonds is 4. The highest BCUT2D eigenvalue weighted by atomic mass is 32.2. The lowest BCUT2D eigenvalue weighted by molar-refractivity contribution is 0.597. The van der Waals surface area contributed by atoms with E-state index in [1.54, 1.807) is 17.7 Å². The van der Waals surface area contributed by atoms with E-state index in [2.05, 4.69) is 5.32 Å². The Morgan fingerprint density at radius 1 is 1.57 bits per heavy atom. The van der Waals surface area contributed by atoms with Gasteiger partial charge in [-0.1, -0.05) is 6.92 Å². The van der Waals surface area contributed by atoms with Gasteiger partial charge >= 0.3 is 0 Å². The van der Waals surface area contributed by atoms with Gasteiger partial charge in [0.15, 0.2) is 0 Å². The molecule has 0 atom stereocenters. The lowest BCUT2D eigenvalue weighted by Crippen LogP contribution is -2.13. The molecule has 0 fully saturated rings. The summed E-state index contributed by atoms with van der Waals surface area (Å²) in [6, 6.07) is 1.58. The van der Waals surface area contributed by atoms with Crippen LogP contribution in [0, 0.1) is 0 Å². The van der Waals surface area contributed by atoms with Gasteiger partial charge in [-0.15, -0.1) is 0 Å². The molecule has 0 saturated heterocycles. The van der Waals surface area contributed by atoms with Gasteiger partial charge in [-0.05, 0) is 12.6 Å². The van der Waals surface area contributed by atoms with Gasteiger partial charge in [0, 0.05) is 25.5 Å². The minimum atomic E-state index is -3.58. The second-order valence-electron chi connectivity index (χ2n) is 3.10. The van der Waals surface area contributed by atoms with Gasteiger partial charge in [-0.2, -0.15) is 0 Å². The fourth-order valence-corrected chi connectivity index (χ4v) is 1.77. The number of hydrogen-bond acceptors (Lipinski definition) is 3. The molecule has 3 N–H and O–H groups in total. The maximum absolute atomic E-state index is 11.0. The smallest absolute Gasteiger partial charge is 0.239 e. The largest absolute Gasteiger partial charge is 0.352 e. The molecule has 0 radical (unpaired) electrons. The molecule has 0 bridgehead atoms. The third-order valence-electron chi connectivity index (χ3n) is 1.97. The number of aryl methyl sites for hydroxylation is 1. The Morgan fingerprint density at radius 3 is 2.64 bits per heavy atom. The molecule has 80 valence electrons. The maximum atomic E-state index is 11.0. The van der Waals surface area contributed by atoms with Crippen LogP contribution in [0.4, 0.5) is 0 Å². The fraction of sp³-hybridized carbons (Fsp3) is 0.500. The van der Waals surface area contributed by atoms with Gasteiger partial charge in [-0.25, -0.2) is 13.6 Å². The molecule has 0 unspecified atom stereocenters. The summed E-state index contributed by atoms with van der Waals surface area (Å²) in [6.45, 7) is 3.47. The molecular weight excluding hydrogens is 202 g/mol. The van der Waals surface area contributed by atoms with Crippen LogP contribution in [0.2, 0.25) is 0 Å². The summed E-state index contributed by atoms with van der Waals surface area (Å²) in [5, 5.41) is 8.12. The van der Waals surface area contributed by atoms with Crippen LogP contribution in [0.25, 0.3) is 0 Å². The maximum Gasteiger partial charge on any atom is 0.239 e. The second kappa shape index (κ2) is 4.12. The normalized spacial score (nSPS) is 11.9. The predicted molar refractivity (Wildman–Crippen MR) is 54.2 cm³/mol. The van der Waals surface area contributed by atoms with E-state index in [1.165, 1.54) is 6.20 Å². The fourth-order valence-electron chi connectivity index (χ4n) is 1.16. The molecule has 1 aromatic rings. The Morgan fingerprint density at radius 2 is 2.21 bits per heavy atom. The van der Waals surface area contributed by atoms with Crippen molar-refractivity contribution in [2.45, 2.75) is 18.4 Å². The molecule has 1 heterocycles. The first kappa shape index (κ1) is 11.2. The van der Waals surface area contributed by atoms with Crippen LogP contribution in [0.15, 0.2) is 17.2 Å². The van der Waals surface area contributed by atoms with Crippen LogP contribution in [0.5, 0.6) is 0 Å². The van der Waals surface area contributed by atoms with Crippen molar-refractivity contribution in [3.63, 3.8) is 0 Å². The molecule has 1 aromatic heterocycles. The third-order valence-corrected chi connectivity index (χ3v) is 2.85. The van der Waals surface area contributed by atoms with Crippen LogP contribution < -0.4 is 10.5 Å². The van der Waals surface area contributed by atoms with Gasteiger partial charge in [-0.3, -0.25) is 0 Å². The molecule has 1 rings (SSSR count). The second-order valence-corrected chi connectivity index (χ2v) is 4.66. The highest BCUT2D eigenvalue weighted by Gasteiger charge is 2.11. The summed E-state index contributed by atoms with van der Waals surface area (Å²) < 4.78 is 23.8. The number of nitrogens with one attached hydrogen (secondary N) is 1. The van der Waals surface area contributed by atoms with Crippen molar-refractivity contribution in [1.82, 2.24) is 9.88 Å². The van der Waals surface area contributed by atoms with E-state index in [4.69, 9.17) is 5.14 Å². The van der Waals surface area contributed by atoms with E-state index < -0.39 is 10.0 Å². The zero-order valence-corrected chi connectivity index (χ0v) is 9.13. The van der Waals surface area contributed by atoms with Crippen molar-refractivity contribution < 1.29 is 8.42 Å². The standard InChI is InChI=1S/C8H15N3O2S/c1-3-10-5-7-4-8(6-11(7)2)14(9,12)13/h4,6,10H,3,5H2,1-2H3,(H2,9,12,13). The minimum absolute atomic E-state index is 0.160.